The van der Waals surface area contributed by atoms with Gasteiger partial charge in [-0.05, 0) is 0 Å². The number of carbonyl (C=O) groups excluding carboxylic acids is 1. The van der Waals surface area contributed by atoms with Crippen LogP contribution in [0.2, 0.25) is 0 Å². The molecule has 88 valence electrons. The summed E-state index contributed by atoms with van der Waals surface area (Å²) in [5.41, 5.74) is 0. The molecule has 1 aromatic rings. The molecule has 0 radical (unpaired) electrons. The number of nitrogens with zero attached hydrogens (tertiary/aromatic N) is 2. The molecule has 1 aliphatic heterocycles. The van der Waals surface area contributed by atoms with Crippen molar-refractivity contribution in [3.8, 4) is 0 Å². The van der Waals surface area contributed by atoms with Crippen LogP contribution < -0.4 is 0 Å². The van der Waals surface area contributed by atoms with Gasteiger partial charge in [0.15, 0.2) is 6.10 Å². The zero-order chi connectivity index (χ0) is 11.4. The molecule has 0 bridgehead atoms. The van der Waals surface area contributed by atoms with Gasteiger partial charge >= 0.3 is 0 Å². The summed E-state index contributed by atoms with van der Waals surface area (Å²) in [5, 5.41) is 0. The van der Waals surface area contributed by atoms with E-state index >= 15 is 0 Å². The second kappa shape index (κ2) is 5.09. The van der Waals surface area contributed by atoms with Gasteiger partial charge in [-0.3, -0.25) is 4.79 Å². The molecule has 1 aromatic heterocycles. The Morgan fingerprint density at radius 3 is 3.19 bits per heavy atom. The van der Waals surface area contributed by atoms with Crippen molar-refractivity contribution in [3.05, 3.63) is 18.2 Å². The lowest BCUT2D eigenvalue weighted by Gasteiger charge is -2.26. The van der Waals surface area contributed by atoms with Crippen LogP contribution in [0.25, 0.3) is 0 Å². The Kier molecular flexibility index (Phi) is 3.53. The van der Waals surface area contributed by atoms with Gasteiger partial charge in [0.1, 0.15) is 5.82 Å². The minimum absolute atomic E-state index is 0.0731. The quantitative estimate of drug-likeness (QED) is 0.772. The van der Waals surface area contributed by atoms with Crippen LogP contribution in [0.3, 0.4) is 0 Å². The van der Waals surface area contributed by atoms with E-state index in [1.807, 2.05) is 0 Å². The maximum absolute atomic E-state index is 11.9. The highest BCUT2D eigenvalue weighted by molar-refractivity contribution is 5.80. The third-order valence-corrected chi connectivity index (χ3v) is 2.41. The van der Waals surface area contributed by atoms with E-state index in [1.54, 1.807) is 24.3 Å². The Bertz CT molecular complexity index is 333. The second-order valence-electron chi connectivity index (χ2n) is 3.66. The topological polar surface area (TPSA) is 67.5 Å². The normalized spacial score (nSPS) is 20.7. The summed E-state index contributed by atoms with van der Waals surface area (Å²) in [6, 6.07) is 0. The predicted molar refractivity (Wildman–Crippen MR) is 55.6 cm³/mol. The fourth-order valence-corrected chi connectivity index (χ4v) is 1.56. The van der Waals surface area contributed by atoms with Crippen molar-refractivity contribution in [2.75, 3.05) is 26.9 Å². The van der Waals surface area contributed by atoms with E-state index in [0.29, 0.717) is 26.4 Å². The number of likely N-dealkylation sites (N-methyl/N-ethyl adjacent to an activating group) is 1. The third-order valence-electron chi connectivity index (χ3n) is 2.41. The van der Waals surface area contributed by atoms with Gasteiger partial charge in [-0.15, -0.1) is 0 Å². The van der Waals surface area contributed by atoms with Gasteiger partial charge in [-0.2, -0.15) is 0 Å². The van der Waals surface area contributed by atoms with Gasteiger partial charge in [0, 0.05) is 19.4 Å². The van der Waals surface area contributed by atoms with Gasteiger partial charge in [-0.1, -0.05) is 0 Å². The zero-order valence-electron chi connectivity index (χ0n) is 9.18. The van der Waals surface area contributed by atoms with Crippen molar-refractivity contribution >= 4 is 5.91 Å². The summed E-state index contributed by atoms with van der Waals surface area (Å²) >= 11 is 0. The monoisotopic (exact) mass is 225 g/mol. The SMILES string of the molecule is CN(Cc1ncc[nH]1)C(=O)C1COCCO1. The predicted octanol–water partition coefficient (Wildman–Crippen LogP) is -0.217. The first-order valence-corrected chi connectivity index (χ1v) is 5.20. The lowest BCUT2D eigenvalue weighted by atomic mass is 10.3. The molecule has 6 heteroatoms. The number of amides is 1. The summed E-state index contributed by atoms with van der Waals surface area (Å²) in [7, 11) is 1.73. The highest BCUT2D eigenvalue weighted by atomic mass is 16.6. The molecule has 2 heterocycles. The average Bonchev–Trinajstić information content (AvgIpc) is 2.82. The van der Waals surface area contributed by atoms with E-state index in [9.17, 15) is 4.79 Å². The van der Waals surface area contributed by atoms with E-state index in [1.165, 1.54) is 0 Å². The van der Waals surface area contributed by atoms with Crippen molar-refractivity contribution in [3.63, 3.8) is 0 Å². The molecule has 1 unspecified atom stereocenters. The fraction of sp³-hybridized carbons (Fsp3) is 0.600. The summed E-state index contributed by atoms with van der Waals surface area (Å²) in [6.07, 6.45) is 2.91. The molecule has 0 aromatic carbocycles. The highest BCUT2D eigenvalue weighted by Crippen LogP contribution is 2.06. The molecule has 1 atom stereocenters. The Morgan fingerprint density at radius 1 is 1.69 bits per heavy atom. The van der Waals surface area contributed by atoms with Crippen LogP contribution in [0.5, 0.6) is 0 Å². The molecule has 1 N–H and O–H groups in total. The number of nitrogens with one attached hydrogen (secondary N) is 1. The lowest BCUT2D eigenvalue weighted by molar-refractivity contribution is -0.157. The number of carbonyl (C=O) groups is 1. The minimum atomic E-state index is -0.478. The zero-order valence-corrected chi connectivity index (χ0v) is 9.18. The first-order chi connectivity index (χ1) is 7.77. The molecule has 6 nitrogen and oxygen atoms in total. The van der Waals surface area contributed by atoms with E-state index in [0.717, 1.165) is 5.82 Å². The smallest absolute Gasteiger partial charge is 0.254 e. The number of ether oxygens (including phenoxy) is 2. The molecule has 0 aliphatic carbocycles. The van der Waals surface area contributed by atoms with E-state index in [2.05, 4.69) is 9.97 Å². The summed E-state index contributed by atoms with van der Waals surface area (Å²) in [4.78, 5) is 20.5. The van der Waals surface area contributed by atoms with Crippen molar-refractivity contribution in [1.29, 1.82) is 0 Å². The van der Waals surface area contributed by atoms with E-state index in [-0.39, 0.29) is 5.91 Å². The van der Waals surface area contributed by atoms with Crippen LogP contribution in [0.4, 0.5) is 0 Å². The number of hydrogen-bond donors (Lipinski definition) is 1. The average molecular weight is 225 g/mol. The fourth-order valence-electron chi connectivity index (χ4n) is 1.56. The van der Waals surface area contributed by atoms with Gasteiger partial charge < -0.3 is 19.4 Å². The van der Waals surface area contributed by atoms with Crippen LogP contribution in [0.15, 0.2) is 12.4 Å². The Balaban J connectivity index is 1.88. The van der Waals surface area contributed by atoms with Crippen LogP contribution in [-0.2, 0) is 20.8 Å². The van der Waals surface area contributed by atoms with Crippen molar-refractivity contribution in [2.45, 2.75) is 12.6 Å². The first kappa shape index (κ1) is 11.1. The standard InChI is InChI=1S/C10H15N3O3/c1-13(6-9-11-2-3-12-9)10(14)8-7-15-4-5-16-8/h2-3,8H,4-7H2,1H3,(H,11,12). The van der Waals surface area contributed by atoms with Crippen LogP contribution >= 0.6 is 0 Å². The molecule has 0 saturated carbocycles. The number of aromatic nitrogens is 2. The molecule has 1 amide bonds. The molecule has 16 heavy (non-hydrogen) atoms. The van der Waals surface area contributed by atoms with Crippen molar-refractivity contribution in [1.82, 2.24) is 14.9 Å². The molecule has 1 fully saturated rings. The Morgan fingerprint density at radius 2 is 2.56 bits per heavy atom. The van der Waals surface area contributed by atoms with E-state index < -0.39 is 6.10 Å². The third kappa shape index (κ3) is 2.59. The highest BCUT2D eigenvalue weighted by Gasteiger charge is 2.25. The molecule has 0 spiro atoms. The first-order valence-electron chi connectivity index (χ1n) is 5.20. The van der Waals surface area contributed by atoms with Crippen LogP contribution in [0, 0.1) is 0 Å². The number of aromatic amines is 1. The second-order valence-corrected chi connectivity index (χ2v) is 3.66. The van der Waals surface area contributed by atoms with Gasteiger partial charge in [0.05, 0.1) is 26.4 Å². The van der Waals surface area contributed by atoms with E-state index in [4.69, 9.17) is 9.47 Å². The number of rotatable bonds is 3. The van der Waals surface area contributed by atoms with Gasteiger partial charge in [-0.25, -0.2) is 4.98 Å². The molecular weight excluding hydrogens is 210 g/mol. The number of H-pyrrole nitrogens is 1. The van der Waals surface area contributed by atoms with Crippen molar-refractivity contribution < 1.29 is 14.3 Å². The summed E-state index contributed by atoms with van der Waals surface area (Å²) in [5.74, 6) is 0.684. The van der Waals surface area contributed by atoms with Gasteiger partial charge in [0.2, 0.25) is 0 Å². The summed E-state index contributed by atoms with van der Waals surface area (Å²) < 4.78 is 10.5. The Labute approximate surface area is 93.6 Å². The Hall–Kier alpha value is -1.40. The lowest BCUT2D eigenvalue weighted by Crippen LogP contribution is -2.43. The minimum Gasteiger partial charge on any atom is -0.376 e. The maximum Gasteiger partial charge on any atom is 0.254 e. The largest absolute Gasteiger partial charge is 0.376 e. The molecule has 1 saturated heterocycles. The van der Waals surface area contributed by atoms with Gasteiger partial charge in [0.25, 0.3) is 5.91 Å². The maximum atomic E-state index is 11.9. The van der Waals surface area contributed by atoms with Crippen LogP contribution in [-0.4, -0.2) is 53.7 Å². The van der Waals surface area contributed by atoms with Crippen LogP contribution in [0.1, 0.15) is 5.82 Å². The molecule has 1 aliphatic rings. The van der Waals surface area contributed by atoms with Crippen molar-refractivity contribution in [2.24, 2.45) is 0 Å². The number of hydrogen-bond acceptors (Lipinski definition) is 4. The number of imidazole rings is 1. The summed E-state index contributed by atoms with van der Waals surface area (Å²) in [6.45, 7) is 1.82. The molecular formula is C10H15N3O3. The molecule has 2 rings (SSSR count).